The van der Waals surface area contributed by atoms with Crippen LogP contribution in [0, 0.1) is 0 Å². The highest BCUT2D eigenvalue weighted by Crippen LogP contribution is 2.16. The number of carboxylic acids is 1. The predicted molar refractivity (Wildman–Crippen MR) is 251 cm³/mol. The lowest BCUT2D eigenvalue weighted by atomic mass is 10.0. The van der Waals surface area contributed by atoms with Crippen LogP contribution >= 0.6 is 0 Å². The highest BCUT2D eigenvalue weighted by molar-refractivity contribution is 5.97. The predicted octanol–water partition coefficient (Wildman–Crippen LogP) is -2.99. The summed E-state index contributed by atoms with van der Waals surface area (Å²) in [6.45, 7) is -3.79. The first-order valence-corrected chi connectivity index (χ1v) is 21.8. The molecule has 0 aliphatic carbocycles. The number of hydrogen-bond acceptors (Lipinski definition) is 12. The van der Waals surface area contributed by atoms with Gasteiger partial charge in [-0.05, 0) is 40.3 Å². The zero-order valence-electron chi connectivity index (χ0n) is 37.5. The SMILES string of the molecule is NC(N)=NCCCC(NC(=O)[C@H](CO)NC(=O)[C@H](CO)NC(=O)[C@H](CO)NC(=O)CNC(=O)[C@H](Cc1ccccc1)NC(=O)C(Cc1ccccc1)NC(=O)Cc1ccc2ccccc2c1)C(=O)O. The number of aliphatic hydroxyl groups is 3. The van der Waals surface area contributed by atoms with Crippen molar-refractivity contribution in [1.29, 1.82) is 0 Å². The first-order chi connectivity index (χ1) is 33.1. The molecule has 0 spiro atoms. The molecule has 0 fully saturated rings. The van der Waals surface area contributed by atoms with E-state index < -0.39 is 110 Å². The maximum atomic E-state index is 14.0. The minimum Gasteiger partial charge on any atom is -0.480 e. The minimum atomic E-state index is -1.80. The Morgan fingerprint density at radius 3 is 1.46 bits per heavy atom. The number of nitrogens with zero attached hydrogens (tertiary/aromatic N) is 1. The molecule has 4 aromatic rings. The van der Waals surface area contributed by atoms with Crippen LogP contribution < -0.4 is 48.7 Å². The molecular weight excluding hydrogens is 897 g/mol. The van der Waals surface area contributed by atoms with Gasteiger partial charge in [0.1, 0.15) is 36.3 Å². The number of carboxylic acid groups (broad SMARTS) is 1. The Kier molecular flexibility index (Phi) is 21.5. The number of rotatable bonds is 27. The van der Waals surface area contributed by atoms with Gasteiger partial charge in [0, 0.05) is 19.4 Å². The molecule has 0 aromatic heterocycles. The van der Waals surface area contributed by atoms with Gasteiger partial charge in [0.25, 0.3) is 0 Å². The van der Waals surface area contributed by atoms with Crippen LogP contribution in [0.5, 0.6) is 0 Å². The molecule has 4 rings (SSSR count). The van der Waals surface area contributed by atoms with Crippen molar-refractivity contribution in [3.63, 3.8) is 0 Å². The van der Waals surface area contributed by atoms with Gasteiger partial charge in [-0.15, -0.1) is 0 Å². The Labute approximate surface area is 396 Å². The van der Waals surface area contributed by atoms with Crippen molar-refractivity contribution < 1.29 is 58.8 Å². The molecule has 0 saturated heterocycles. The van der Waals surface area contributed by atoms with Gasteiger partial charge in [-0.2, -0.15) is 0 Å². The van der Waals surface area contributed by atoms with Crippen LogP contribution in [0.15, 0.2) is 108 Å². The highest BCUT2D eigenvalue weighted by atomic mass is 16.4. The molecule has 7 amide bonds. The Morgan fingerprint density at radius 1 is 0.493 bits per heavy atom. The van der Waals surface area contributed by atoms with Gasteiger partial charge in [0.2, 0.25) is 41.4 Å². The van der Waals surface area contributed by atoms with Crippen molar-refractivity contribution in [2.45, 2.75) is 68.4 Å². The zero-order valence-corrected chi connectivity index (χ0v) is 37.5. The third-order valence-corrected chi connectivity index (χ3v) is 10.5. The van der Waals surface area contributed by atoms with Gasteiger partial charge >= 0.3 is 5.97 Å². The van der Waals surface area contributed by atoms with Gasteiger partial charge in [-0.3, -0.25) is 38.6 Å². The number of aliphatic carboxylic acids is 1. The fourth-order valence-corrected chi connectivity index (χ4v) is 6.87. The summed E-state index contributed by atoms with van der Waals surface area (Å²) in [5, 5.41) is 57.6. The average molecular weight is 955 g/mol. The monoisotopic (exact) mass is 954 g/mol. The Bertz CT molecular complexity index is 2420. The summed E-state index contributed by atoms with van der Waals surface area (Å²) in [5.41, 5.74) is 12.6. The molecule has 0 heterocycles. The Balaban J connectivity index is 1.37. The summed E-state index contributed by atoms with van der Waals surface area (Å²) in [6.07, 6.45) is 0.0495. The zero-order chi connectivity index (χ0) is 50.3. The van der Waals surface area contributed by atoms with E-state index in [9.17, 15) is 58.8 Å². The van der Waals surface area contributed by atoms with Crippen LogP contribution in [-0.4, -0.2) is 143 Å². The quantitative estimate of drug-likeness (QED) is 0.0161. The smallest absolute Gasteiger partial charge is 0.326 e. The van der Waals surface area contributed by atoms with E-state index in [4.69, 9.17) is 11.5 Å². The number of carbonyl (C=O) groups is 8. The molecule has 22 nitrogen and oxygen atoms in total. The summed E-state index contributed by atoms with van der Waals surface area (Å²) < 4.78 is 0. The number of nitrogens with two attached hydrogens (primary N) is 2. The van der Waals surface area contributed by atoms with Crippen LogP contribution in [0.1, 0.15) is 29.5 Å². The number of carbonyl (C=O) groups excluding carboxylic acids is 7. The molecular formula is C47H58N10O12. The minimum absolute atomic E-state index is 0.0301. The van der Waals surface area contributed by atoms with Crippen molar-refractivity contribution in [2.24, 2.45) is 16.5 Å². The average Bonchev–Trinajstić information content (AvgIpc) is 3.33. The Morgan fingerprint density at radius 2 is 0.942 bits per heavy atom. The number of aliphatic hydroxyl groups excluding tert-OH is 3. The van der Waals surface area contributed by atoms with E-state index in [2.05, 4.69) is 42.2 Å². The van der Waals surface area contributed by atoms with Gasteiger partial charge < -0.3 is 69.1 Å². The molecule has 6 atom stereocenters. The second kappa shape index (κ2) is 27.6. The van der Waals surface area contributed by atoms with Crippen LogP contribution in [0.4, 0.5) is 0 Å². The summed E-state index contributed by atoms with van der Waals surface area (Å²) in [7, 11) is 0. The fourth-order valence-electron chi connectivity index (χ4n) is 6.87. The lowest BCUT2D eigenvalue weighted by Crippen LogP contribution is -2.60. The highest BCUT2D eigenvalue weighted by Gasteiger charge is 2.32. The number of nitrogens with one attached hydrogen (secondary N) is 7. The van der Waals surface area contributed by atoms with E-state index >= 15 is 0 Å². The van der Waals surface area contributed by atoms with Gasteiger partial charge in [0.05, 0.1) is 32.8 Å². The topological polar surface area (TPSA) is 366 Å². The van der Waals surface area contributed by atoms with E-state index in [1.165, 1.54) is 0 Å². The van der Waals surface area contributed by atoms with Crippen molar-refractivity contribution in [3.8, 4) is 0 Å². The molecule has 0 aliphatic rings. The van der Waals surface area contributed by atoms with E-state index in [0.29, 0.717) is 5.56 Å². The van der Waals surface area contributed by atoms with E-state index in [0.717, 1.165) is 21.9 Å². The molecule has 15 N–H and O–H groups in total. The van der Waals surface area contributed by atoms with Crippen molar-refractivity contribution in [2.75, 3.05) is 32.9 Å². The summed E-state index contributed by atoms with van der Waals surface area (Å²) in [6, 6.07) is 21.8. The molecule has 0 saturated carbocycles. The first kappa shape index (κ1) is 53.7. The van der Waals surface area contributed by atoms with Crippen LogP contribution in [0.2, 0.25) is 0 Å². The molecule has 69 heavy (non-hydrogen) atoms. The number of guanidine groups is 1. The number of fused-ring (bicyclic) bond motifs is 1. The van der Waals surface area contributed by atoms with Crippen molar-refractivity contribution in [3.05, 3.63) is 120 Å². The molecule has 0 radical (unpaired) electrons. The molecule has 22 heteroatoms. The molecule has 0 aliphatic heterocycles. The van der Waals surface area contributed by atoms with E-state index in [1.807, 2.05) is 42.5 Å². The lowest BCUT2D eigenvalue weighted by molar-refractivity contribution is -0.143. The van der Waals surface area contributed by atoms with Crippen molar-refractivity contribution in [1.82, 2.24) is 37.2 Å². The molecule has 2 unspecified atom stereocenters. The van der Waals surface area contributed by atoms with Gasteiger partial charge in [-0.25, -0.2) is 4.79 Å². The Hall–Kier alpha value is -7.95. The van der Waals surface area contributed by atoms with Crippen LogP contribution in [0.3, 0.4) is 0 Å². The van der Waals surface area contributed by atoms with Crippen LogP contribution in [-0.2, 0) is 57.6 Å². The lowest BCUT2D eigenvalue weighted by Gasteiger charge is -2.24. The second-order valence-electron chi connectivity index (χ2n) is 15.8. The molecule has 368 valence electrons. The van der Waals surface area contributed by atoms with Gasteiger partial charge in [-0.1, -0.05) is 103 Å². The number of aliphatic imine (C=N–C) groups is 1. The first-order valence-electron chi connectivity index (χ1n) is 21.8. The number of benzene rings is 4. The normalized spacial score (nSPS) is 13.4. The third kappa shape index (κ3) is 18.0. The summed E-state index contributed by atoms with van der Waals surface area (Å²) in [4.78, 5) is 109. The molecule has 0 bridgehead atoms. The standard InChI is InChI=1S/C47H58N10O12/c48-47(49)50-19-9-16-33(46(68)69)54-44(66)37(26-59)57-45(67)38(27-60)56-43(65)36(25-58)53-40(62)24-51-41(63)34(21-28-10-3-1-4-11-28)55-42(64)35(22-29-12-5-2-6-13-29)52-39(61)23-30-17-18-31-14-7-8-15-32(31)20-30/h1-8,10-15,17-18,20,33-38,58-60H,9,16,19,21-27H2,(H,51,63)(H,52,61)(H,53,62)(H,54,66)(H,55,64)(H,56,65)(H,57,67)(H,68,69)(H4,48,49,50)/t33?,34-,35?,36-,37-,38-/m0/s1. The second-order valence-corrected chi connectivity index (χ2v) is 15.8. The number of hydrogen-bond donors (Lipinski definition) is 13. The maximum Gasteiger partial charge on any atom is 0.326 e. The van der Waals surface area contributed by atoms with Crippen LogP contribution in [0.25, 0.3) is 10.8 Å². The van der Waals surface area contributed by atoms with Crippen molar-refractivity contribution >= 4 is 64.1 Å². The largest absolute Gasteiger partial charge is 0.480 e. The van der Waals surface area contributed by atoms with E-state index in [1.54, 1.807) is 60.7 Å². The number of amides is 7. The molecule has 4 aromatic carbocycles. The van der Waals surface area contributed by atoms with Gasteiger partial charge in [0.15, 0.2) is 5.96 Å². The van der Waals surface area contributed by atoms with E-state index in [-0.39, 0.29) is 44.6 Å². The third-order valence-electron chi connectivity index (χ3n) is 10.5. The summed E-state index contributed by atoms with van der Waals surface area (Å²) >= 11 is 0. The fraction of sp³-hybridized carbons (Fsp3) is 0.340. The summed E-state index contributed by atoms with van der Waals surface area (Å²) in [5.74, 6) is -8.04. The maximum absolute atomic E-state index is 14.0.